The zero-order chi connectivity index (χ0) is 14.4. The highest BCUT2D eigenvalue weighted by Crippen LogP contribution is 2.22. The van der Waals surface area contributed by atoms with Crippen molar-refractivity contribution in [1.29, 1.82) is 0 Å². The monoisotopic (exact) mass is 267 g/mol. The molecule has 0 unspecified atom stereocenters. The summed E-state index contributed by atoms with van der Waals surface area (Å²) in [5, 5.41) is 0. The summed E-state index contributed by atoms with van der Waals surface area (Å²) in [6.07, 6.45) is 1.72. The lowest BCUT2D eigenvalue weighted by Gasteiger charge is -2.12. The van der Waals surface area contributed by atoms with E-state index in [1.807, 2.05) is 36.4 Å². The molecule has 2 aromatic rings. The number of aromatic nitrogens is 1. The first-order chi connectivity index (χ1) is 9.74. The molecule has 102 valence electrons. The van der Waals surface area contributed by atoms with Crippen LogP contribution in [0, 0.1) is 0 Å². The SMILES string of the molecule is C=Cc1ccc(OC)nc1C(=C)OCc1ccccc1. The Balaban J connectivity index is 2.14. The molecule has 0 spiro atoms. The minimum Gasteiger partial charge on any atom is -0.487 e. The summed E-state index contributed by atoms with van der Waals surface area (Å²) in [5.74, 6) is 1.03. The van der Waals surface area contributed by atoms with Gasteiger partial charge in [-0.15, -0.1) is 0 Å². The number of benzene rings is 1. The van der Waals surface area contributed by atoms with Crippen LogP contribution in [0.2, 0.25) is 0 Å². The number of rotatable bonds is 6. The molecule has 0 bridgehead atoms. The quantitative estimate of drug-likeness (QED) is 0.743. The molecule has 0 saturated carbocycles. The van der Waals surface area contributed by atoms with E-state index in [1.54, 1.807) is 19.3 Å². The number of ether oxygens (including phenoxy) is 2. The Morgan fingerprint density at radius 2 is 1.95 bits per heavy atom. The first kappa shape index (κ1) is 13.9. The van der Waals surface area contributed by atoms with Crippen LogP contribution in [-0.2, 0) is 11.3 Å². The zero-order valence-electron chi connectivity index (χ0n) is 11.5. The van der Waals surface area contributed by atoms with Crippen molar-refractivity contribution in [3.8, 4) is 5.88 Å². The van der Waals surface area contributed by atoms with E-state index in [4.69, 9.17) is 9.47 Å². The molecule has 0 aliphatic heterocycles. The average Bonchev–Trinajstić information content (AvgIpc) is 2.52. The third-order valence-electron chi connectivity index (χ3n) is 2.85. The van der Waals surface area contributed by atoms with Gasteiger partial charge < -0.3 is 9.47 Å². The van der Waals surface area contributed by atoms with E-state index in [1.165, 1.54) is 0 Å². The predicted octanol–water partition coefficient (Wildman–Crippen LogP) is 3.92. The van der Waals surface area contributed by atoms with Gasteiger partial charge in [0.1, 0.15) is 18.1 Å². The minimum absolute atomic E-state index is 0.454. The van der Waals surface area contributed by atoms with E-state index in [-0.39, 0.29) is 0 Å². The first-order valence-corrected chi connectivity index (χ1v) is 6.28. The number of methoxy groups -OCH3 is 1. The maximum atomic E-state index is 5.70. The Morgan fingerprint density at radius 3 is 2.60 bits per heavy atom. The van der Waals surface area contributed by atoms with Crippen LogP contribution in [0.1, 0.15) is 16.8 Å². The van der Waals surface area contributed by atoms with E-state index in [9.17, 15) is 0 Å². The fraction of sp³-hybridized carbons (Fsp3) is 0.118. The van der Waals surface area contributed by atoms with E-state index in [2.05, 4.69) is 18.1 Å². The highest BCUT2D eigenvalue weighted by molar-refractivity contribution is 5.66. The molecule has 0 atom stereocenters. The van der Waals surface area contributed by atoms with Gasteiger partial charge in [0.2, 0.25) is 5.88 Å². The maximum absolute atomic E-state index is 5.70. The summed E-state index contributed by atoms with van der Waals surface area (Å²) in [4.78, 5) is 4.36. The summed E-state index contributed by atoms with van der Waals surface area (Å²) in [5.41, 5.74) is 2.59. The summed E-state index contributed by atoms with van der Waals surface area (Å²) in [6.45, 7) is 8.16. The van der Waals surface area contributed by atoms with Crippen LogP contribution in [0.15, 0.2) is 55.6 Å². The van der Waals surface area contributed by atoms with Crippen molar-refractivity contribution in [2.75, 3.05) is 7.11 Å². The summed E-state index contributed by atoms with van der Waals surface area (Å²) in [6, 6.07) is 13.6. The van der Waals surface area contributed by atoms with Gasteiger partial charge in [-0.05, 0) is 11.6 Å². The van der Waals surface area contributed by atoms with Crippen LogP contribution in [0.4, 0.5) is 0 Å². The molecule has 0 aliphatic rings. The van der Waals surface area contributed by atoms with E-state index in [0.717, 1.165) is 11.1 Å². The Hall–Kier alpha value is -2.55. The van der Waals surface area contributed by atoms with Gasteiger partial charge in [0.15, 0.2) is 0 Å². The van der Waals surface area contributed by atoms with Crippen molar-refractivity contribution in [2.24, 2.45) is 0 Å². The fourth-order valence-electron chi connectivity index (χ4n) is 1.77. The number of hydrogen-bond donors (Lipinski definition) is 0. The van der Waals surface area contributed by atoms with Crippen LogP contribution in [-0.4, -0.2) is 12.1 Å². The number of pyridine rings is 1. The Kier molecular flexibility index (Phi) is 4.56. The normalized spacial score (nSPS) is 9.85. The molecule has 0 fully saturated rings. The van der Waals surface area contributed by atoms with Gasteiger partial charge in [0.05, 0.1) is 7.11 Å². The lowest BCUT2D eigenvalue weighted by molar-refractivity contribution is 0.263. The highest BCUT2D eigenvalue weighted by Gasteiger charge is 2.09. The Bertz CT molecular complexity index is 606. The average molecular weight is 267 g/mol. The molecule has 0 aliphatic carbocycles. The molecule has 1 aromatic heterocycles. The van der Waals surface area contributed by atoms with Gasteiger partial charge in [-0.25, -0.2) is 4.98 Å². The third kappa shape index (κ3) is 3.26. The molecule has 1 aromatic carbocycles. The van der Waals surface area contributed by atoms with Crippen molar-refractivity contribution < 1.29 is 9.47 Å². The lowest BCUT2D eigenvalue weighted by Crippen LogP contribution is -1.99. The molecular weight excluding hydrogens is 250 g/mol. The molecule has 0 saturated heterocycles. The van der Waals surface area contributed by atoms with Gasteiger partial charge >= 0.3 is 0 Å². The van der Waals surface area contributed by atoms with Gasteiger partial charge in [0.25, 0.3) is 0 Å². The minimum atomic E-state index is 0.454. The lowest BCUT2D eigenvalue weighted by atomic mass is 10.1. The van der Waals surface area contributed by atoms with Crippen LogP contribution < -0.4 is 4.74 Å². The van der Waals surface area contributed by atoms with Gasteiger partial charge in [-0.2, -0.15) is 0 Å². The second kappa shape index (κ2) is 6.57. The standard InChI is InChI=1S/C17H17NO2/c1-4-15-10-11-16(19-3)18-17(15)13(2)20-12-14-8-6-5-7-9-14/h4-11H,1-2,12H2,3H3. The van der Waals surface area contributed by atoms with E-state index >= 15 is 0 Å². The summed E-state index contributed by atoms with van der Waals surface area (Å²) < 4.78 is 10.8. The maximum Gasteiger partial charge on any atom is 0.213 e. The van der Waals surface area contributed by atoms with Gasteiger partial charge in [0, 0.05) is 11.6 Å². The Labute approximate surface area is 119 Å². The molecule has 0 amide bonds. The molecule has 3 heteroatoms. The van der Waals surface area contributed by atoms with Crippen molar-refractivity contribution in [3.63, 3.8) is 0 Å². The van der Waals surface area contributed by atoms with E-state index < -0.39 is 0 Å². The number of nitrogens with zero attached hydrogens (tertiary/aromatic N) is 1. The molecule has 20 heavy (non-hydrogen) atoms. The van der Waals surface area contributed by atoms with E-state index in [0.29, 0.717) is 23.9 Å². The molecule has 0 radical (unpaired) electrons. The topological polar surface area (TPSA) is 31.4 Å². The van der Waals surface area contributed by atoms with Gasteiger partial charge in [-0.3, -0.25) is 0 Å². The van der Waals surface area contributed by atoms with Crippen LogP contribution in [0.5, 0.6) is 5.88 Å². The number of hydrogen-bond acceptors (Lipinski definition) is 3. The van der Waals surface area contributed by atoms with Crippen molar-refractivity contribution in [2.45, 2.75) is 6.61 Å². The fourth-order valence-corrected chi connectivity index (χ4v) is 1.77. The second-order valence-corrected chi connectivity index (χ2v) is 4.19. The summed E-state index contributed by atoms with van der Waals surface area (Å²) in [7, 11) is 1.58. The molecule has 1 heterocycles. The Morgan fingerprint density at radius 1 is 1.20 bits per heavy atom. The van der Waals surface area contributed by atoms with Crippen molar-refractivity contribution in [3.05, 3.63) is 72.4 Å². The largest absolute Gasteiger partial charge is 0.487 e. The first-order valence-electron chi connectivity index (χ1n) is 6.28. The van der Waals surface area contributed by atoms with Crippen LogP contribution in [0.3, 0.4) is 0 Å². The third-order valence-corrected chi connectivity index (χ3v) is 2.85. The predicted molar refractivity (Wildman–Crippen MR) is 81.1 cm³/mol. The molecule has 3 nitrogen and oxygen atoms in total. The van der Waals surface area contributed by atoms with Crippen molar-refractivity contribution >= 4 is 11.8 Å². The molecule has 0 N–H and O–H groups in total. The smallest absolute Gasteiger partial charge is 0.213 e. The van der Waals surface area contributed by atoms with Crippen LogP contribution in [0.25, 0.3) is 11.8 Å². The molecular formula is C17H17NO2. The van der Waals surface area contributed by atoms with Gasteiger partial charge in [-0.1, -0.05) is 49.6 Å². The van der Waals surface area contributed by atoms with Crippen LogP contribution >= 0.6 is 0 Å². The van der Waals surface area contributed by atoms with Crippen molar-refractivity contribution in [1.82, 2.24) is 4.98 Å². The second-order valence-electron chi connectivity index (χ2n) is 4.19. The summed E-state index contributed by atoms with van der Waals surface area (Å²) >= 11 is 0. The highest BCUT2D eigenvalue weighted by atomic mass is 16.5. The zero-order valence-corrected chi connectivity index (χ0v) is 11.5. The molecule has 2 rings (SSSR count).